The standard InChI is InChI=1S/C64H50N2/c1-62(2)53-33-43(41-26-24-40(25-27-41)39-16-9-7-10-17-39)28-30-47(53)49-35-57-51(37-55(49)62)52-38-56-50(36-58(52)64(57,5)6)48-31-29-44(34-54(48)63(56,3)4)42-18-15-19-45(32-42)61-65-59-22-13-14-23-60(59)66(61)46-20-11-8-12-21-46/h7-38H,1-6H3. The Bertz CT molecular complexity index is 3640. The van der Waals surface area contributed by atoms with Crippen molar-refractivity contribution >= 4 is 11.0 Å². The second kappa shape index (κ2) is 13.7. The number of aromatic nitrogens is 2. The summed E-state index contributed by atoms with van der Waals surface area (Å²) in [5.74, 6) is 0.947. The van der Waals surface area contributed by atoms with Crippen molar-refractivity contribution in [2.24, 2.45) is 0 Å². The van der Waals surface area contributed by atoms with Crippen LogP contribution in [0.15, 0.2) is 194 Å². The molecule has 0 aliphatic heterocycles. The van der Waals surface area contributed by atoms with Gasteiger partial charge in [-0.1, -0.05) is 169 Å². The molecule has 10 aromatic rings. The van der Waals surface area contributed by atoms with Crippen LogP contribution in [-0.2, 0) is 16.2 Å². The highest BCUT2D eigenvalue weighted by molar-refractivity contribution is 5.94. The molecule has 3 aliphatic carbocycles. The lowest BCUT2D eigenvalue weighted by Gasteiger charge is -2.25. The molecular weight excluding hydrogens is 797 g/mol. The summed E-state index contributed by atoms with van der Waals surface area (Å²) in [6.07, 6.45) is 0. The maximum Gasteiger partial charge on any atom is 0.145 e. The van der Waals surface area contributed by atoms with Crippen LogP contribution in [0.1, 0.15) is 74.9 Å². The van der Waals surface area contributed by atoms with Gasteiger partial charge < -0.3 is 0 Å². The Morgan fingerprint density at radius 3 is 1.24 bits per heavy atom. The first kappa shape index (κ1) is 38.9. The van der Waals surface area contributed by atoms with Gasteiger partial charge in [0.15, 0.2) is 0 Å². The minimum Gasteiger partial charge on any atom is -0.292 e. The molecule has 1 aromatic heterocycles. The van der Waals surface area contributed by atoms with E-state index in [1.165, 1.54) is 100 Å². The topological polar surface area (TPSA) is 17.8 Å². The molecule has 0 unspecified atom stereocenters. The van der Waals surface area contributed by atoms with E-state index in [1.807, 2.05) is 0 Å². The average molecular weight is 847 g/mol. The smallest absolute Gasteiger partial charge is 0.145 e. The molecule has 2 nitrogen and oxygen atoms in total. The summed E-state index contributed by atoms with van der Waals surface area (Å²) in [5, 5.41) is 0. The number of rotatable bonds is 5. The molecule has 0 saturated carbocycles. The number of nitrogens with zero attached hydrogens (tertiary/aromatic N) is 2. The van der Waals surface area contributed by atoms with E-state index in [1.54, 1.807) is 0 Å². The van der Waals surface area contributed by atoms with Crippen molar-refractivity contribution in [3.8, 4) is 83.8 Å². The number of imidazole rings is 1. The van der Waals surface area contributed by atoms with Gasteiger partial charge in [-0.2, -0.15) is 0 Å². The normalized spacial score (nSPS) is 15.2. The molecule has 0 N–H and O–H groups in total. The fourth-order valence-corrected chi connectivity index (χ4v) is 11.9. The summed E-state index contributed by atoms with van der Waals surface area (Å²) in [4.78, 5) is 5.19. The van der Waals surface area contributed by atoms with E-state index < -0.39 is 0 Å². The van der Waals surface area contributed by atoms with Crippen molar-refractivity contribution in [3.63, 3.8) is 0 Å². The van der Waals surface area contributed by atoms with Crippen LogP contribution in [0.25, 0.3) is 94.9 Å². The van der Waals surface area contributed by atoms with E-state index in [9.17, 15) is 0 Å². The zero-order chi connectivity index (χ0) is 44.7. The largest absolute Gasteiger partial charge is 0.292 e. The molecule has 0 radical (unpaired) electrons. The molecule has 1 heterocycles. The lowest BCUT2D eigenvalue weighted by molar-refractivity contribution is 0.649. The van der Waals surface area contributed by atoms with E-state index in [0.29, 0.717) is 0 Å². The first-order valence-corrected chi connectivity index (χ1v) is 23.4. The maximum absolute atomic E-state index is 5.19. The summed E-state index contributed by atoms with van der Waals surface area (Å²) < 4.78 is 2.28. The quantitative estimate of drug-likeness (QED) is 0.169. The third-order valence-corrected chi connectivity index (χ3v) is 15.6. The molecule has 0 amide bonds. The van der Waals surface area contributed by atoms with Gasteiger partial charge in [0, 0.05) is 27.5 Å². The predicted molar refractivity (Wildman–Crippen MR) is 276 cm³/mol. The molecule has 3 aliphatic rings. The van der Waals surface area contributed by atoms with Gasteiger partial charge in [-0.05, 0) is 167 Å². The second-order valence-electron chi connectivity index (χ2n) is 20.4. The van der Waals surface area contributed by atoms with Gasteiger partial charge in [-0.15, -0.1) is 0 Å². The Morgan fingerprint density at radius 2 is 0.682 bits per heavy atom. The lowest BCUT2D eigenvalue weighted by atomic mass is 9.78. The van der Waals surface area contributed by atoms with Crippen LogP contribution in [0, 0.1) is 0 Å². The Morgan fingerprint density at radius 1 is 0.303 bits per heavy atom. The number of hydrogen-bond donors (Lipinski definition) is 0. The van der Waals surface area contributed by atoms with Gasteiger partial charge in [0.1, 0.15) is 5.82 Å². The molecule has 0 saturated heterocycles. The van der Waals surface area contributed by atoms with E-state index in [0.717, 1.165) is 28.1 Å². The molecule has 0 fully saturated rings. The Balaban J connectivity index is 0.855. The summed E-state index contributed by atoms with van der Waals surface area (Å²) in [6, 6.07) is 72.1. The van der Waals surface area contributed by atoms with Crippen LogP contribution in [0.2, 0.25) is 0 Å². The van der Waals surface area contributed by atoms with E-state index >= 15 is 0 Å². The van der Waals surface area contributed by atoms with Crippen LogP contribution in [0.4, 0.5) is 0 Å². The molecule has 316 valence electrons. The third-order valence-electron chi connectivity index (χ3n) is 15.6. The van der Waals surface area contributed by atoms with E-state index in [4.69, 9.17) is 4.98 Å². The van der Waals surface area contributed by atoms with Gasteiger partial charge in [-0.3, -0.25) is 4.57 Å². The van der Waals surface area contributed by atoms with E-state index in [-0.39, 0.29) is 16.2 Å². The second-order valence-corrected chi connectivity index (χ2v) is 20.4. The van der Waals surface area contributed by atoms with Crippen molar-refractivity contribution in [2.45, 2.75) is 57.8 Å². The summed E-state index contributed by atoms with van der Waals surface area (Å²) in [6.45, 7) is 14.5. The zero-order valence-corrected chi connectivity index (χ0v) is 38.4. The van der Waals surface area contributed by atoms with Gasteiger partial charge in [0.25, 0.3) is 0 Å². The zero-order valence-electron chi connectivity index (χ0n) is 38.4. The molecule has 2 heteroatoms. The van der Waals surface area contributed by atoms with Crippen LogP contribution in [-0.4, -0.2) is 9.55 Å². The highest BCUT2D eigenvalue weighted by Gasteiger charge is 2.44. The van der Waals surface area contributed by atoms with Crippen molar-refractivity contribution in [3.05, 3.63) is 228 Å². The molecule has 0 bridgehead atoms. The molecule has 0 spiro atoms. The molecule has 66 heavy (non-hydrogen) atoms. The van der Waals surface area contributed by atoms with Gasteiger partial charge in [0.05, 0.1) is 11.0 Å². The lowest BCUT2D eigenvalue weighted by Crippen LogP contribution is -2.17. The average Bonchev–Trinajstić information content (AvgIpc) is 3.99. The monoisotopic (exact) mass is 846 g/mol. The number of benzene rings is 9. The van der Waals surface area contributed by atoms with Crippen molar-refractivity contribution in [2.75, 3.05) is 0 Å². The molecule has 0 atom stereocenters. The Kier molecular flexibility index (Phi) is 8.09. The molecule has 9 aromatic carbocycles. The van der Waals surface area contributed by atoms with Crippen LogP contribution < -0.4 is 0 Å². The predicted octanol–water partition coefficient (Wildman–Crippen LogP) is 16.6. The van der Waals surface area contributed by atoms with Gasteiger partial charge in [-0.25, -0.2) is 4.98 Å². The van der Waals surface area contributed by atoms with Crippen LogP contribution in [0.3, 0.4) is 0 Å². The molecule has 13 rings (SSSR count). The van der Waals surface area contributed by atoms with Crippen LogP contribution >= 0.6 is 0 Å². The van der Waals surface area contributed by atoms with Crippen molar-refractivity contribution in [1.82, 2.24) is 9.55 Å². The number of para-hydroxylation sites is 3. The summed E-state index contributed by atoms with van der Waals surface area (Å²) in [7, 11) is 0. The Hall–Kier alpha value is -7.55. The number of hydrogen-bond acceptors (Lipinski definition) is 1. The number of fused-ring (bicyclic) bond motifs is 10. The maximum atomic E-state index is 5.19. The highest BCUT2D eigenvalue weighted by atomic mass is 15.1. The Labute approximate surface area is 387 Å². The van der Waals surface area contributed by atoms with Crippen molar-refractivity contribution < 1.29 is 0 Å². The first-order valence-electron chi connectivity index (χ1n) is 23.4. The molecular formula is C64H50N2. The summed E-state index contributed by atoms with van der Waals surface area (Å²) >= 11 is 0. The van der Waals surface area contributed by atoms with Gasteiger partial charge >= 0.3 is 0 Å². The fraction of sp³-hybridized carbons (Fsp3) is 0.141. The minimum atomic E-state index is -0.177. The fourth-order valence-electron chi connectivity index (χ4n) is 11.9. The van der Waals surface area contributed by atoms with Crippen LogP contribution in [0.5, 0.6) is 0 Å². The minimum absolute atomic E-state index is 0.138. The first-order chi connectivity index (χ1) is 32.0. The third kappa shape index (κ3) is 5.51. The van der Waals surface area contributed by atoms with Crippen molar-refractivity contribution in [1.29, 1.82) is 0 Å². The van der Waals surface area contributed by atoms with Gasteiger partial charge in [0.2, 0.25) is 0 Å². The highest BCUT2D eigenvalue weighted by Crippen LogP contribution is 2.59. The SMILES string of the molecule is CC1(C)c2cc(-c3ccc(-c4ccccc4)cc3)ccc2-c2cc3c(cc21)-c1cc2c(cc1C3(C)C)-c1ccc(-c3cccc(-c4nc5ccccc5n4-c4ccccc4)c3)cc1C2(C)C. The van der Waals surface area contributed by atoms with E-state index in [2.05, 4.69) is 240 Å². The summed E-state index contributed by atoms with van der Waals surface area (Å²) in [5.41, 5.74) is 28.0.